The second kappa shape index (κ2) is 8.23. The van der Waals surface area contributed by atoms with E-state index in [1.165, 1.54) is 0 Å². The van der Waals surface area contributed by atoms with Gasteiger partial charge in [0.2, 0.25) is 0 Å². The third kappa shape index (κ3) is 4.55. The number of hydrogen-bond acceptors (Lipinski definition) is 4. The van der Waals surface area contributed by atoms with Crippen molar-refractivity contribution in [3.63, 3.8) is 0 Å². The van der Waals surface area contributed by atoms with Gasteiger partial charge in [0.25, 0.3) is 11.8 Å². The molecular formula is C21H20N2O4. The molecule has 3 aromatic rings. The molecular weight excluding hydrogens is 344 g/mol. The van der Waals surface area contributed by atoms with E-state index in [9.17, 15) is 9.59 Å². The van der Waals surface area contributed by atoms with Crippen LogP contribution in [0, 0.1) is 13.8 Å². The first-order chi connectivity index (χ1) is 13.0. The number of nitrogens with one attached hydrogen (secondary N) is 2. The van der Waals surface area contributed by atoms with Crippen molar-refractivity contribution < 1.29 is 18.7 Å². The Morgan fingerprint density at radius 2 is 1.67 bits per heavy atom. The topological polar surface area (TPSA) is 80.6 Å². The number of furan rings is 1. The molecule has 1 heterocycles. The highest BCUT2D eigenvalue weighted by Crippen LogP contribution is 2.29. The molecule has 138 valence electrons. The molecule has 27 heavy (non-hydrogen) atoms. The first kappa shape index (κ1) is 18.3. The van der Waals surface area contributed by atoms with Crippen LogP contribution >= 0.6 is 0 Å². The fraction of sp³-hybridized carbons (Fsp3) is 0.143. The van der Waals surface area contributed by atoms with Gasteiger partial charge in [-0.15, -0.1) is 0 Å². The summed E-state index contributed by atoms with van der Waals surface area (Å²) in [6.07, 6.45) is 0. The molecule has 2 N–H and O–H groups in total. The largest absolute Gasteiger partial charge is 0.483 e. The van der Waals surface area contributed by atoms with Gasteiger partial charge in [0.15, 0.2) is 6.61 Å². The zero-order valence-electron chi connectivity index (χ0n) is 15.1. The molecule has 2 amide bonds. The number of para-hydroxylation sites is 1. The zero-order chi connectivity index (χ0) is 19.2. The highest BCUT2D eigenvalue weighted by Gasteiger charge is 2.14. The Morgan fingerprint density at radius 1 is 0.963 bits per heavy atom. The van der Waals surface area contributed by atoms with E-state index in [0.717, 1.165) is 11.1 Å². The Balaban J connectivity index is 1.57. The van der Waals surface area contributed by atoms with Crippen LogP contribution in [0.2, 0.25) is 0 Å². The molecule has 0 saturated carbocycles. The summed E-state index contributed by atoms with van der Waals surface area (Å²) in [5.74, 6) is 0.801. The number of benzene rings is 2. The lowest BCUT2D eigenvalue weighted by molar-refractivity contribution is -0.123. The highest BCUT2D eigenvalue weighted by atomic mass is 16.5. The Labute approximate surface area is 157 Å². The molecule has 0 aliphatic carbocycles. The lowest BCUT2D eigenvalue weighted by Crippen LogP contribution is -2.43. The monoisotopic (exact) mass is 364 g/mol. The molecule has 0 unspecified atom stereocenters. The van der Waals surface area contributed by atoms with Crippen molar-refractivity contribution in [1.29, 1.82) is 0 Å². The van der Waals surface area contributed by atoms with Gasteiger partial charge in [-0.05, 0) is 31.5 Å². The molecule has 0 radical (unpaired) electrons. The number of hydrogen-bond donors (Lipinski definition) is 2. The number of amides is 2. The summed E-state index contributed by atoms with van der Waals surface area (Å²) in [4.78, 5) is 24.1. The molecule has 0 aliphatic heterocycles. The minimum atomic E-state index is -0.468. The van der Waals surface area contributed by atoms with Gasteiger partial charge in [-0.2, -0.15) is 0 Å². The van der Waals surface area contributed by atoms with Crippen LogP contribution in [-0.4, -0.2) is 18.4 Å². The standard InChI is InChI=1S/C21H20N2O4/c1-14-12-18(15(2)27-14)21(25)23-22-20(24)13-26-19-11-7-6-10-17(19)16-8-4-3-5-9-16/h3-12H,13H2,1-2H3,(H,22,24)(H,23,25). The summed E-state index contributed by atoms with van der Waals surface area (Å²) in [7, 11) is 0. The number of rotatable bonds is 5. The van der Waals surface area contributed by atoms with Crippen molar-refractivity contribution in [3.05, 3.63) is 77.7 Å². The average molecular weight is 364 g/mol. The normalized spacial score (nSPS) is 10.3. The van der Waals surface area contributed by atoms with Gasteiger partial charge < -0.3 is 9.15 Å². The van der Waals surface area contributed by atoms with Gasteiger partial charge in [0, 0.05) is 5.56 Å². The fourth-order valence-electron chi connectivity index (χ4n) is 2.68. The molecule has 2 aromatic carbocycles. The van der Waals surface area contributed by atoms with Crippen molar-refractivity contribution in [1.82, 2.24) is 10.9 Å². The number of carbonyl (C=O) groups excluding carboxylic acids is 2. The zero-order valence-corrected chi connectivity index (χ0v) is 15.1. The van der Waals surface area contributed by atoms with E-state index < -0.39 is 11.8 Å². The molecule has 1 aromatic heterocycles. The Bertz CT molecular complexity index is 948. The van der Waals surface area contributed by atoms with Crippen molar-refractivity contribution in [3.8, 4) is 16.9 Å². The number of ether oxygens (including phenoxy) is 1. The molecule has 0 atom stereocenters. The van der Waals surface area contributed by atoms with E-state index in [1.54, 1.807) is 26.0 Å². The number of carbonyl (C=O) groups is 2. The highest BCUT2D eigenvalue weighted by molar-refractivity contribution is 5.96. The lowest BCUT2D eigenvalue weighted by atomic mass is 10.1. The lowest BCUT2D eigenvalue weighted by Gasteiger charge is -2.12. The van der Waals surface area contributed by atoms with E-state index >= 15 is 0 Å². The van der Waals surface area contributed by atoms with Crippen LogP contribution in [0.15, 0.2) is 65.1 Å². The maximum absolute atomic E-state index is 12.1. The van der Waals surface area contributed by atoms with Gasteiger partial charge >= 0.3 is 0 Å². The molecule has 6 heteroatoms. The molecule has 0 fully saturated rings. The summed E-state index contributed by atoms with van der Waals surface area (Å²) in [5, 5.41) is 0. The van der Waals surface area contributed by atoms with Crippen LogP contribution in [-0.2, 0) is 4.79 Å². The van der Waals surface area contributed by atoms with Gasteiger partial charge in [-0.25, -0.2) is 0 Å². The smallest absolute Gasteiger partial charge is 0.276 e. The maximum Gasteiger partial charge on any atom is 0.276 e. The van der Waals surface area contributed by atoms with Crippen LogP contribution < -0.4 is 15.6 Å². The molecule has 3 rings (SSSR count). The molecule has 6 nitrogen and oxygen atoms in total. The van der Waals surface area contributed by atoms with Crippen LogP contribution in [0.1, 0.15) is 21.9 Å². The van der Waals surface area contributed by atoms with Crippen LogP contribution in [0.25, 0.3) is 11.1 Å². The van der Waals surface area contributed by atoms with E-state index in [0.29, 0.717) is 22.8 Å². The minimum Gasteiger partial charge on any atom is -0.483 e. The molecule has 0 aliphatic rings. The SMILES string of the molecule is Cc1cc(C(=O)NNC(=O)COc2ccccc2-c2ccccc2)c(C)o1. The summed E-state index contributed by atoms with van der Waals surface area (Å²) >= 11 is 0. The molecule has 0 saturated heterocycles. The van der Waals surface area contributed by atoms with E-state index in [4.69, 9.17) is 9.15 Å². The third-order valence-corrected chi connectivity index (χ3v) is 3.93. The van der Waals surface area contributed by atoms with Crippen molar-refractivity contribution in [2.75, 3.05) is 6.61 Å². The van der Waals surface area contributed by atoms with Crippen molar-refractivity contribution >= 4 is 11.8 Å². The van der Waals surface area contributed by atoms with Crippen molar-refractivity contribution in [2.45, 2.75) is 13.8 Å². The Kier molecular flexibility index (Phi) is 5.56. The quantitative estimate of drug-likeness (QED) is 0.680. The predicted octanol–water partition coefficient (Wildman–Crippen LogP) is 3.40. The third-order valence-electron chi connectivity index (χ3n) is 3.93. The number of aryl methyl sites for hydroxylation is 2. The minimum absolute atomic E-state index is 0.229. The number of hydrazine groups is 1. The van der Waals surface area contributed by atoms with Crippen LogP contribution in [0.3, 0.4) is 0 Å². The average Bonchev–Trinajstić information content (AvgIpc) is 3.03. The molecule has 0 spiro atoms. The van der Waals surface area contributed by atoms with Gasteiger partial charge in [0.05, 0.1) is 5.56 Å². The van der Waals surface area contributed by atoms with Crippen LogP contribution in [0.4, 0.5) is 0 Å². The Morgan fingerprint density at radius 3 is 2.37 bits per heavy atom. The van der Waals surface area contributed by atoms with Gasteiger partial charge in [-0.1, -0.05) is 48.5 Å². The van der Waals surface area contributed by atoms with E-state index in [-0.39, 0.29) is 6.61 Å². The maximum atomic E-state index is 12.1. The summed E-state index contributed by atoms with van der Waals surface area (Å²) < 4.78 is 10.9. The predicted molar refractivity (Wildman–Crippen MR) is 101 cm³/mol. The van der Waals surface area contributed by atoms with E-state index in [1.807, 2.05) is 48.5 Å². The Hall–Kier alpha value is -3.54. The first-order valence-electron chi connectivity index (χ1n) is 8.48. The first-order valence-corrected chi connectivity index (χ1v) is 8.48. The van der Waals surface area contributed by atoms with Gasteiger partial charge in [0.1, 0.15) is 17.3 Å². The summed E-state index contributed by atoms with van der Waals surface area (Å²) in [6, 6.07) is 18.8. The van der Waals surface area contributed by atoms with Gasteiger partial charge in [-0.3, -0.25) is 20.4 Å². The van der Waals surface area contributed by atoms with E-state index in [2.05, 4.69) is 10.9 Å². The summed E-state index contributed by atoms with van der Waals surface area (Å²) in [5.41, 5.74) is 6.96. The second-order valence-corrected chi connectivity index (χ2v) is 5.98. The fourth-order valence-corrected chi connectivity index (χ4v) is 2.68. The van der Waals surface area contributed by atoms with Crippen molar-refractivity contribution in [2.24, 2.45) is 0 Å². The summed E-state index contributed by atoms with van der Waals surface area (Å²) in [6.45, 7) is 3.21. The van der Waals surface area contributed by atoms with Crippen LogP contribution in [0.5, 0.6) is 5.75 Å². The molecule has 0 bridgehead atoms. The second-order valence-electron chi connectivity index (χ2n) is 5.98.